The molecule has 1 aromatic heterocycles. The maximum absolute atomic E-state index is 5.34. The van der Waals surface area contributed by atoms with Crippen LogP contribution in [0.5, 0.6) is 0 Å². The van der Waals surface area contributed by atoms with Crippen molar-refractivity contribution in [1.29, 1.82) is 0 Å². The largest absolute Gasteiger partial charge is 0.323 e. The Labute approximate surface area is 93.0 Å². The van der Waals surface area contributed by atoms with Crippen LogP contribution >= 0.6 is 23.6 Å². The molecule has 0 aliphatic heterocycles. The first-order valence-corrected chi connectivity index (χ1v) is 6.05. The third kappa shape index (κ3) is 1.62. The van der Waals surface area contributed by atoms with Crippen molar-refractivity contribution < 1.29 is 0 Å². The molecule has 0 spiro atoms. The predicted octanol–water partition coefficient (Wildman–Crippen LogP) is 4.15. The summed E-state index contributed by atoms with van der Waals surface area (Å²) < 4.78 is 4.53. The summed E-state index contributed by atoms with van der Waals surface area (Å²) in [5.41, 5.74) is 2.59. The minimum Gasteiger partial charge on any atom is -0.323 e. The summed E-state index contributed by atoms with van der Waals surface area (Å²) in [7, 11) is 0. The predicted molar refractivity (Wildman–Crippen MR) is 65.7 cm³/mol. The minimum atomic E-state index is 0.993. The number of thiazole rings is 1. The fourth-order valence-electron chi connectivity index (χ4n) is 1.61. The number of aromatic nitrogens is 1. The second kappa shape index (κ2) is 3.83. The number of nitrogens with zero attached hydrogens (tertiary/aromatic N) is 1. The summed E-state index contributed by atoms with van der Waals surface area (Å²) in [4.78, 5) is 0. The second-order valence-corrected chi connectivity index (χ2v) is 5.17. The standard InChI is InChI=1S/C11H13NS2/c1-3-6-12-9-5-4-8(2)7-10(9)14-11(12)13/h4-5,7H,3,6H2,1-2H3. The molecule has 1 aromatic carbocycles. The third-order valence-electron chi connectivity index (χ3n) is 2.27. The number of aryl methyl sites for hydroxylation is 2. The van der Waals surface area contributed by atoms with Crippen molar-refractivity contribution in [3.05, 3.63) is 27.7 Å². The van der Waals surface area contributed by atoms with E-state index in [0.717, 1.165) is 16.9 Å². The SMILES string of the molecule is CCCn1c(=S)sc2cc(C)ccc21. The molecule has 0 fully saturated rings. The van der Waals surface area contributed by atoms with Gasteiger partial charge in [0, 0.05) is 6.54 Å². The molecule has 2 rings (SSSR count). The molecule has 0 saturated carbocycles. The molecule has 1 nitrogen and oxygen atoms in total. The molecule has 0 aliphatic carbocycles. The van der Waals surface area contributed by atoms with Crippen LogP contribution in [-0.4, -0.2) is 4.57 Å². The zero-order valence-electron chi connectivity index (χ0n) is 8.41. The van der Waals surface area contributed by atoms with E-state index in [9.17, 15) is 0 Å². The van der Waals surface area contributed by atoms with Gasteiger partial charge in [0.25, 0.3) is 0 Å². The Morgan fingerprint density at radius 2 is 2.21 bits per heavy atom. The highest BCUT2D eigenvalue weighted by molar-refractivity contribution is 7.73. The van der Waals surface area contributed by atoms with Gasteiger partial charge < -0.3 is 4.57 Å². The van der Waals surface area contributed by atoms with Crippen LogP contribution in [0.4, 0.5) is 0 Å². The van der Waals surface area contributed by atoms with Crippen molar-refractivity contribution in [3.8, 4) is 0 Å². The lowest BCUT2D eigenvalue weighted by Crippen LogP contribution is -1.95. The van der Waals surface area contributed by atoms with Gasteiger partial charge in [-0.1, -0.05) is 13.0 Å². The molecule has 0 bridgehead atoms. The Kier molecular flexibility index (Phi) is 2.70. The molecule has 74 valence electrons. The molecule has 0 N–H and O–H groups in total. The summed E-state index contributed by atoms with van der Waals surface area (Å²) >= 11 is 7.05. The molecular weight excluding hydrogens is 210 g/mol. The van der Waals surface area contributed by atoms with E-state index in [2.05, 4.69) is 36.6 Å². The van der Waals surface area contributed by atoms with Gasteiger partial charge >= 0.3 is 0 Å². The van der Waals surface area contributed by atoms with Gasteiger partial charge in [-0.3, -0.25) is 0 Å². The zero-order valence-corrected chi connectivity index (χ0v) is 10.0. The maximum atomic E-state index is 5.34. The van der Waals surface area contributed by atoms with Crippen molar-refractivity contribution in [2.75, 3.05) is 0 Å². The fraction of sp³-hybridized carbons (Fsp3) is 0.364. The smallest absolute Gasteiger partial charge is 0.162 e. The van der Waals surface area contributed by atoms with Crippen LogP contribution in [0.1, 0.15) is 18.9 Å². The van der Waals surface area contributed by atoms with Gasteiger partial charge in [-0.05, 0) is 43.3 Å². The Balaban J connectivity index is 2.71. The Morgan fingerprint density at radius 1 is 1.43 bits per heavy atom. The molecule has 0 saturated heterocycles. The lowest BCUT2D eigenvalue weighted by Gasteiger charge is -2.01. The number of fused-ring (bicyclic) bond motifs is 1. The molecule has 14 heavy (non-hydrogen) atoms. The van der Waals surface area contributed by atoms with E-state index in [1.54, 1.807) is 11.3 Å². The fourth-order valence-corrected chi connectivity index (χ4v) is 3.08. The highest BCUT2D eigenvalue weighted by atomic mass is 32.1. The third-order valence-corrected chi connectivity index (χ3v) is 3.68. The first kappa shape index (κ1) is 9.87. The minimum absolute atomic E-state index is 0.993. The van der Waals surface area contributed by atoms with Crippen LogP contribution in [0.25, 0.3) is 10.2 Å². The van der Waals surface area contributed by atoms with E-state index in [4.69, 9.17) is 12.2 Å². The highest BCUT2D eigenvalue weighted by Gasteiger charge is 2.03. The first-order valence-electron chi connectivity index (χ1n) is 4.82. The monoisotopic (exact) mass is 223 g/mol. The van der Waals surface area contributed by atoms with Crippen molar-refractivity contribution in [1.82, 2.24) is 4.57 Å². The average Bonchev–Trinajstić information content (AvgIpc) is 2.43. The lowest BCUT2D eigenvalue weighted by molar-refractivity contribution is 0.701. The first-order chi connectivity index (χ1) is 6.72. The molecule has 0 atom stereocenters. The van der Waals surface area contributed by atoms with Crippen LogP contribution in [-0.2, 0) is 6.54 Å². The topological polar surface area (TPSA) is 4.93 Å². The van der Waals surface area contributed by atoms with E-state index in [0.29, 0.717) is 0 Å². The average molecular weight is 223 g/mol. The van der Waals surface area contributed by atoms with Crippen molar-refractivity contribution in [3.63, 3.8) is 0 Å². The van der Waals surface area contributed by atoms with Gasteiger partial charge in [-0.25, -0.2) is 0 Å². The molecule has 1 heterocycles. The lowest BCUT2D eigenvalue weighted by atomic mass is 10.2. The molecule has 0 amide bonds. The van der Waals surface area contributed by atoms with E-state index in [-0.39, 0.29) is 0 Å². The van der Waals surface area contributed by atoms with Crippen LogP contribution in [0, 0.1) is 10.9 Å². The maximum Gasteiger partial charge on any atom is 0.162 e. The van der Waals surface area contributed by atoms with Crippen molar-refractivity contribution >= 4 is 33.8 Å². The Morgan fingerprint density at radius 3 is 2.93 bits per heavy atom. The molecule has 0 radical (unpaired) electrons. The summed E-state index contributed by atoms with van der Waals surface area (Å²) in [5.74, 6) is 0. The number of hydrogen-bond donors (Lipinski definition) is 0. The van der Waals surface area contributed by atoms with E-state index in [1.807, 2.05) is 0 Å². The van der Waals surface area contributed by atoms with Gasteiger partial charge in [0.1, 0.15) is 0 Å². The Bertz CT molecular complexity index is 507. The van der Waals surface area contributed by atoms with Crippen LogP contribution < -0.4 is 0 Å². The van der Waals surface area contributed by atoms with Gasteiger partial charge in [-0.15, -0.1) is 11.3 Å². The second-order valence-electron chi connectivity index (χ2n) is 3.49. The van der Waals surface area contributed by atoms with Crippen LogP contribution in [0.2, 0.25) is 0 Å². The molecule has 0 aliphatic rings. The van der Waals surface area contributed by atoms with Gasteiger partial charge in [0.2, 0.25) is 0 Å². The van der Waals surface area contributed by atoms with E-state index >= 15 is 0 Å². The highest BCUT2D eigenvalue weighted by Crippen LogP contribution is 2.24. The zero-order chi connectivity index (χ0) is 10.1. The van der Waals surface area contributed by atoms with Gasteiger partial charge in [0.05, 0.1) is 10.2 Å². The Hall–Kier alpha value is -0.670. The van der Waals surface area contributed by atoms with Crippen molar-refractivity contribution in [2.45, 2.75) is 26.8 Å². The normalized spacial score (nSPS) is 11.0. The molecule has 2 aromatic rings. The van der Waals surface area contributed by atoms with Gasteiger partial charge in [0.15, 0.2) is 3.95 Å². The van der Waals surface area contributed by atoms with E-state index in [1.165, 1.54) is 15.8 Å². The van der Waals surface area contributed by atoms with Crippen molar-refractivity contribution in [2.24, 2.45) is 0 Å². The summed E-state index contributed by atoms with van der Waals surface area (Å²) in [6, 6.07) is 6.53. The molecule has 3 heteroatoms. The van der Waals surface area contributed by atoms with Gasteiger partial charge in [-0.2, -0.15) is 0 Å². The number of hydrogen-bond acceptors (Lipinski definition) is 2. The van der Waals surface area contributed by atoms with E-state index < -0.39 is 0 Å². The summed E-state index contributed by atoms with van der Waals surface area (Å²) in [5, 5.41) is 0. The number of benzene rings is 1. The van der Waals surface area contributed by atoms with Crippen LogP contribution in [0.3, 0.4) is 0 Å². The molecule has 0 unspecified atom stereocenters. The number of rotatable bonds is 2. The molecular formula is C11H13NS2. The summed E-state index contributed by atoms with van der Waals surface area (Å²) in [6.07, 6.45) is 1.13. The quantitative estimate of drug-likeness (QED) is 0.692. The summed E-state index contributed by atoms with van der Waals surface area (Å²) in [6.45, 7) is 5.33. The van der Waals surface area contributed by atoms with Crippen LogP contribution in [0.15, 0.2) is 18.2 Å².